The highest BCUT2D eigenvalue weighted by Gasteiger charge is 2.32. The topological polar surface area (TPSA) is 41.6 Å². The van der Waals surface area contributed by atoms with Gasteiger partial charge in [0.25, 0.3) is 0 Å². The van der Waals surface area contributed by atoms with Gasteiger partial charge in [-0.3, -0.25) is 4.79 Å². The van der Waals surface area contributed by atoms with Crippen LogP contribution < -0.4 is 5.32 Å². The van der Waals surface area contributed by atoms with Crippen LogP contribution in [0.1, 0.15) is 13.8 Å². The molecule has 1 aliphatic heterocycles. The Labute approximate surface area is 92.0 Å². The van der Waals surface area contributed by atoms with Gasteiger partial charge in [-0.15, -0.1) is 0 Å². The molecular weight excluding hydrogens is 192 g/mol. The van der Waals surface area contributed by atoms with Crippen molar-refractivity contribution in [3.63, 3.8) is 0 Å². The van der Waals surface area contributed by atoms with E-state index in [1.807, 2.05) is 14.0 Å². The Hall–Kier alpha value is -0.610. The van der Waals surface area contributed by atoms with Crippen LogP contribution in [-0.2, 0) is 9.53 Å². The van der Waals surface area contributed by atoms with Gasteiger partial charge in [0.05, 0.1) is 18.6 Å². The molecule has 1 rings (SSSR count). The number of ether oxygens (including phenoxy) is 1. The maximum Gasteiger partial charge on any atom is 0.227 e. The second kappa shape index (κ2) is 5.47. The van der Waals surface area contributed by atoms with Crippen molar-refractivity contribution in [3.05, 3.63) is 0 Å². The van der Waals surface area contributed by atoms with Crippen molar-refractivity contribution in [2.24, 2.45) is 11.8 Å². The lowest BCUT2D eigenvalue weighted by Gasteiger charge is -2.28. The molecule has 4 heteroatoms. The molecular formula is C11H22N2O2. The van der Waals surface area contributed by atoms with Crippen LogP contribution in [0.3, 0.4) is 0 Å². The lowest BCUT2D eigenvalue weighted by Crippen LogP contribution is -2.43. The number of hydrogen-bond donors (Lipinski definition) is 1. The fraction of sp³-hybridized carbons (Fsp3) is 0.909. The summed E-state index contributed by atoms with van der Waals surface area (Å²) in [6, 6.07) is 0.148. The number of carbonyl (C=O) groups is 1. The Morgan fingerprint density at radius 3 is 2.73 bits per heavy atom. The molecule has 0 aromatic heterocycles. The van der Waals surface area contributed by atoms with Gasteiger partial charge in [-0.2, -0.15) is 0 Å². The number of hydrogen-bond acceptors (Lipinski definition) is 3. The third kappa shape index (κ3) is 2.92. The molecule has 1 aliphatic rings. The summed E-state index contributed by atoms with van der Waals surface area (Å²) < 4.78 is 5.05. The first-order chi connectivity index (χ1) is 7.07. The second-order valence-corrected chi connectivity index (χ2v) is 4.50. The first-order valence-electron chi connectivity index (χ1n) is 5.54. The summed E-state index contributed by atoms with van der Waals surface area (Å²) in [5, 5.41) is 3.25. The molecule has 15 heavy (non-hydrogen) atoms. The summed E-state index contributed by atoms with van der Waals surface area (Å²) in [6.07, 6.45) is 0. The SMILES string of the molecule is COCC(C)N(C)C(=O)[C@@H]1CNC[C@H]1C. The zero-order valence-corrected chi connectivity index (χ0v) is 10.1. The third-order valence-corrected chi connectivity index (χ3v) is 3.25. The summed E-state index contributed by atoms with van der Waals surface area (Å²) in [6.45, 7) is 6.48. The standard InChI is InChI=1S/C11H22N2O2/c1-8-5-12-6-10(8)11(14)13(3)9(2)7-15-4/h8-10,12H,5-7H2,1-4H3/t8-,9?,10-/m1/s1. The molecule has 0 bridgehead atoms. The van der Waals surface area contributed by atoms with Gasteiger partial charge in [-0.25, -0.2) is 0 Å². The Morgan fingerprint density at radius 2 is 2.27 bits per heavy atom. The van der Waals surface area contributed by atoms with Crippen LogP contribution in [0, 0.1) is 11.8 Å². The van der Waals surface area contributed by atoms with Crippen LogP contribution in [0.4, 0.5) is 0 Å². The van der Waals surface area contributed by atoms with E-state index in [-0.39, 0.29) is 17.9 Å². The van der Waals surface area contributed by atoms with Crippen LogP contribution in [0.2, 0.25) is 0 Å². The van der Waals surface area contributed by atoms with E-state index in [0.717, 1.165) is 13.1 Å². The van der Waals surface area contributed by atoms with Crippen LogP contribution in [0.15, 0.2) is 0 Å². The Morgan fingerprint density at radius 1 is 1.60 bits per heavy atom. The molecule has 1 unspecified atom stereocenters. The maximum atomic E-state index is 12.1. The van der Waals surface area contributed by atoms with E-state index in [9.17, 15) is 4.79 Å². The van der Waals surface area contributed by atoms with Crippen LogP contribution in [-0.4, -0.2) is 50.7 Å². The molecule has 1 amide bonds. The second-order valence-electron chi connectivity index (χ2n) is 4.50. The van der Waals surface area contributed by atoms with Crippen LogP contribution >= 0.6 is 0 Å². The molecule has 88 valence electrons. The minimum atomic E-state index is 0.134. The maximum absolute atomic E-state index is 12.1. The molecule has 4 nitrogen and oxygen atoms in total. The highest BCUT2D eigenvalue weighted by atomic mass is 16.5. The molecule has 0 aliphatic carbocycles. The predicted molar refractivity (Wildman–Crippen MR) is 59.6 cm³/mol. The van der Waals surface area contributed by atoms with Gasteiger partial charge in [0.1, 0.15) is 0 Å². The zero-order valence-electron chi connectivity index (χ0n) is 10.1. The fourth-order valence-corrected chi connectivity index (χ4v) is 1.97. The lowest BCUT2D eigenvalue weighted by atomic mass is 9.96. The molecule has 1 N–H and O–H groups in total. The minimum absolute atomic E-state index is 0.134. The van der Waals surface area contributed by atoms with E-state index in [0.29, 0.717) is 12.5 Å². The summed E-state index contributed by atoms with van der Waals surface area (Å²) in [7, 11) is 3.52. The van der Waals surface area contributed by atoms with Crippen molar-refractivity contribution in [2.75, 3.05) is 33.9 Å². The number of nitrogens with one attached hydrogen (secondary N) is 1. The Bertz CT molecular complexity index is 221. The van der Waals surface area contributed by atoms with E-state index in [4.69, 9.17) is 4.74 Å². The summed E-state index contributed by atoms with van der Waals surface area (Å²) in [4.78, 5) is 13.9. The molecule has 0 saturated carbocycles. The first-order valence-corrected chi connectivity index (χ1v) is 5.54. The average molecular weight is 214 g/mol. The minimum Gasteiger partial charge on any atom is -0.383 e. The number of nitrogens with zero attached hydrogens (tertiary/aromatic N) is 1. The zero-order chi connectivity index (χ0) is 11.4. The average Bonchev–Trinajstić information content (AvgIpc) is 2.62. The summed E-state index contributed by atoms with van der Waals surface area (Å²) in [5.74, 6) is 0.807. The van der Waals surface area contributed by atoms with Crippen molar-refractivity contribution in [3.8, 4) is 0 Å². The van der Waals surface area contributed by atoms with Crippen molar-refractivity contribution >= 4 is 5.91 Å². The quantitative estimate of drug-likeness (QED) is 0.733. The first kappa shape index (κ1) is 12.5. The van der Waals surface area contributed by atoms with Gasteiger partial charge in [0.2, 0.25) is 5.91 Å². The van der Waals surface area contributed by atoms with E-state index in [1.54, 1.807) is 12.0 Å². The normalized spacial score (nSPS) is 27.7. The van der Waals surface area contributed by atoms with E-state index >= 15 is 0 Å². The molecule has 0 aromatic carbocycles. The Kier molecular flexibility index (Phi) is 4.54. The van der Waals surface area contributed by atoms with Crippen molar-refractivity contribution in [1.29, 1.82) is 0 Å². The Balaban J connectivity index is 2.51. The van der Waals surface area contributed by atoms with Gasteiger partial charge in [0.15, 0.2) is 0 Å². The van der Waals surface area contributed by atoms with E-state index in [2.05, 4.69) is 12.2 Å². The summed E-state index contributed by atoms with van der Waals surface area (Å²) in [5.41, 5.74) is 0. The van der Waals surface area contributed by atoms with Crippen LogP contribution in [0.5, 0.6) is 0 Å². The van der Waals surface area contributed by atoms with Crippen LogP contribution in [0.25, 0.3) is 0 Å². The lowest BCUT2D eigenvalue weighted by molar-refractivity contribution is -0.137. The number of rotatable bonds is 4. The number of amides is 1. The number of likely N-dealkylation sites (N-methyl/N-ethyl adjacent to an activating group) is 1. The number of carbonyl (C=O) groups excluding carboxylic acids is 1. The highest BCUT2D eigenvalue weighted by molar-refractivity contribution is 5.79. The number of methoxy groups -OCH3 is 1. The predicted octanol–water partition coefficient (Wildman–Crippen LogP) is 0.335. The molecule has 0 radical (unpaired) electrons. The molecule has 1 fully saturated rings. The highest BCUT2D eigenvalue weighted by Crippen LogP contribution is 2.18. The third-order valence-electron chi connectivity index (χ3n) is 3.25. The van der Waals surface area contributed by atoms with E-state index < -0.39 is 0 Å². The van der Waals surface area contributed by atoms with Crippen molar-refractivity contribution < 1.29 is 9.53 Å². The van der Waals surface area contributed by atoms with Gasteiger partial charge >= 0.3 is 0 Å². The fourth-order valence-electron chi connectivity index (χ4n) is 1.97. The molecule has 3 atom stereocenters. The van der Waals surface area contributed by atoms with Crippen molar-refractivity contribution in [1.82, 2.24) is 10.2 Å². The largest absolute Gasteiger partial charge is 0.383 e. The molecule has 0 spiro atoms. The molecule has 1 heterocycles. The van der Waals surface area contributed by atoms with Gasteiger partial charge in [-0.1, -0.05) is 6.92 Å². The van der Waals surface area contributed by atoms with E-state index in [1.165, 1.54) is 0 Å². The monoisotopic (exact) mass is 214 g/mol. The van der Waals surface area contributed by atoms with Gasteiger partial charge in [0, 0.05) is 20.7 Å². The molecule has 1 saturated heterocycles. The van der Waals surface area contributed by atoms with Gasteiger partial charge < -0.3 is 15.0 Å². The molecule has 0 aromatic rings. The van der Waals surface area contributed by atoms with Crippen molar-refractivity contribution in [2.45, 2.75) is 19.9 Å². The summed E-state index contributed by atoms with van der Waals surface area (Å²) >= 11 is 0. The smallest absolute Gasteiger partial charge is 0.227 e. The van der Waals surface area contributed by atoms with Gasteiger partial charge in [-0.05, 0) is 19.4 Å².